The van der Waals surface area contributed by atoms with Crippen molar-refractivity contribution in [3.05, 3.63) is 28.8 Å². The van der Waals surface area contributed by atoms with Crippen molar-refractivity contribution in [2.75, 3.05) is 21.3 Å². The summed E-state index contributed by atoms with van der Waals surface area (Å²) in [5.74, 6) is 1.57. The highest BCUT2D eigenvalue weighted by molar-refractivity contribution is 5.90. The Hall–Kier alpha value is -1.97. The predicted octanol–water partition coefficient (Wildman–Crippen LogP) is 5.09. The molecule has 0 radical (unpaired) electrons. The minimum Gasteiger partial charge on any atom is -0.493 e. The second kappa shape index (κ2) is 6.88. The number of carbonyl (C=O) groups is 1. The number of carbonyl (C=O) groups excluding carboxylic acids is 1. The number of benzene rings is 1. The van der Waals surface area contributed by atoms with Gasteiger partial charge in [0.1, 0.15) is 5.41 Å². The molecule has 1 fully saturated rings. The Morgan fingerprint density at radius 1 is 1.11 bits per heavy atom. The number of methoxy groups -OCH3 is 3. The van der Waals surface area contributed by atoms with Gasteiger partial charge in [0.05, 0.1) is 21.3 Å². The van der Waals surface area contributed by atoms with Crippen molar-refractivity contribution in [1.29, 1.82) is 0 Å². The van der Waals surface area contributed by atoms with Crippen molar-refractivity contribution in [2.24, 2.45) is 11.3 Å². The van der Waals surface area contributed by atoms with Gasteiger partial charge in [-0.1, -0.05) is 46.3 Å². The first-order valence-corrected chi connectivity index (χ1v) is 9.80. The molecule has 148 valence electrons. The number of ether oxygens (including phenoxy) is 3. The number of rotatable bonds is 4. The van der Waals surface area contributed by atoms with Gasteiger partial charge in [0.2, 0.25) is 0 Å². The van der Waals surface area contributed by atoms with Crippen molar-refractivity contribution in [3.63, 3.8) is 0 Å². The first kappa shape index (κ1) is 19.8. The van der Waals surface area contributed by atoms with Crippen molar-refractivity contribution in [2.45, 2.75) is 58.3 Å². The van der Waals surface area contributed by atoms with Gasteiger partial charge in [-0.05, 0) is 35.8 Å². The Morgan fingerprint density at radius 2 is 1.78 bits per heavy atom. The highest BCUT2D eigenvalue weighted by Gasteiger charge is 2.58. The summed E-state index contributed by atoms with van der Waals surface area (Å²) in [5, 5.41) is 0. The molecule has 2 aliphatic carbocycles. The minimum atomic E-state index is -0.741. The lowest BCUT2D eigenvalue weighted by atomic mass is 9.51. The zero-order valence-electron chi connectivity index (χ0n) is 17.6. The summed E-state index contributed by atoms with van der Waals surface area (Å²) in [4.78, 5) is 13.3. The normalized spacial score (nSPS) is 25.6. The molecule has 0 aromatic heterocycles. The largest absolute Gasteiger partial charge is 0.493 e. The molecule has 3 rings (SSSR count). The SMILES string of the molecule is COC(=O)C12CCCC(C)(C)C1C=Cc1cc(C(C)C)c(OC)c(OC)c12. The zero-order valence-corrected chi connectivity index (χ0v) is 17.6. The molecule has 4 nitrogen and oxygen atoms in total. The highest BCUT2D eigenvalue weighted by Crippen LogP contribution is 2.60. The first-order valence-electron chi connectivity index (χ1n) is 9.80. The van der Waals surface area contributed by atoms with E-state index in [-0.39, 0.29) is 23.2 Å². The van der Waals surface area contributed by atoms with E-state index in [9.17, 15) is 4.79 Å². The molecule has 1 aromatic carbocycles. The smallest absolute Gasteiger partial charge is 0.317 e. The van der Waals surface area contributed by atoms with Crippen LogP contribution in [0.1, 0.15) is 69.6 Å². The lowest BCUT2D eigenvalue weighted by Gasteiger charge is -2.52. The van der Waals surface area contributed by atoms with E-state index in [2.05, 4.69) is 45.9 Å². The number of hydrogen-bond acceptors (Lipinski definition) is 4. The molecule has 27 heavy (non-hydrogen) atoms. The lowest BCUT2D eigenvalue weighted by molar-refractivity contribution is -0.154. The number of hydrogen-bond donors (Lipinski definition) is 0. The van der Waals surface area contributed by atoms with E-state index < -0.39 is 5.41 Å². The van der Waals surface area contributed by atoms with Gasteiger partial charge in [-0.15, -0.1) is 0 Å². The summed E-state index contributed by atoms with van der Waals surface area (Å²) >= 11 is 0. The number of esters is 1. The van der Waals surface area contributed by atoms with E-state index in [4.69, 9.17) is 14.2 Å². The molecule has 4 heteroatoms. The van der Waals surface area contributed by atoms with E-state index >= 15 is 0 Å². The molecule has 2 unspecified atom stereocenters. The van der Waals surface area contributed by atoms with E-state index in [1.165, 1.54) is 7.11 Å². The first-order chi connectivity index (χ1) is 12.7. The Balaban J connectivity index is 2.40. The van der Waals surface area contributed by atoms with Crippen molar-refractivity contribution in [1.82, 2.24) is 0 Å². The molecule has 0 spiro atoms. The zero-order chi connectivity index (χ0) is 20.0. The molecule has 0 N–H and O–H groups in total. The molecular weight excluding hydrogens is 340 g/mol. The Kier molecular flexibility index (Phi) is 5.04. The lowest BCUT2D eigenvalue weighted by Crippen LogP contribution is -2.53. The Labute approximate surface area is 162 Å². The third-order valence-corrected chi connectivity index (χ3v) is 6.55. The summed E-state index contributed by atoms with van der Waals surface area (Å²) in [5.41, 5.74) is 2.31. The minimum absolute atomic E-state index is 0.00437. The van der Waals surface area contributed by atoms with Crippen LogP contribution < -0.4 is 9.47 Å². The van der Waals surface area contributed by atoms with Crippen LogP contribution in [0.2, 0.25) is 0 Å². The summed E-state index contributed by atoms with van der Waals surface area (Å²) in [6, 6.07) is 2.15. The molecular formula is C23H32O4. The van der Waals surface area contributed by atoms with Crippen LogP contribution in [0, 0.1) is 11.3 Å². The van der Waals surface area contributed by atoms with Crippen LogP contribution >= 0.6 is 0 Å². The fraction of sp³-hybridized carbons (Fsp3) is 0.609. The maximum absolute atomic E-state index is 13.3. The van der Waals surface area contributed by atoms with E-state index in [1.807, 2.05) is 0 Å². The van der Waals surface area contributed by atoms with Crippen LogP contribution in [0.15, 0.2) is 12.1 Å². The van der Waals surface area contributed by atoms with Crippen molar-refractivity contribution < 1.29 is 19.0 Å². The van der Waals surface area contributed by atoms with Crippen LogP contribution in [-0.2, 0) is 14.9 Å². The second-order valence-electron chi connectivity index (χ2n) is 8.79. The van der Waals surface area contributed by atoms with E-state index in [1.54, 1.807) is 14.2 Å². The third-order valence-electron chi connectivity index (χ3n) is 6.55. The second-order valence-corrected chi connectivity index (χ2v) is 8.79. The van der Waals surface area contributed by atoms with Crippen LogP contribution in [-0.4, -0.2) is 27.3 Å². The van der Waals surface area contributed by atoms with Crippen LogP contribution in [0.3, 0.4) is 0 Å². The molecule has 2 aliphatic rings. The standard InChI is InChI=1S/C23H32O4/c1-14(2)16-13-15-9-10-17-22(3,4)11-8-12-23(17,21(24)27-7)18(15)20(26-6)19(16)25-5/h9-10,13-14,17H,8,11-12H2,1-7H3. The van der Waals surface area contributed by atoms with E-state index in [0.717, 1.165) is 41.7 Å². The molecule has 0 amide bonds. The quantitative estimate of drug-likeness (QED) is 0.691. The Morgan fingerprint density at radius 3 is 2.33 bits per heavy atom. The summed E-state index contributed by atoms with van der Waals surface area (Å²) in [6.07, 6.45) is 7.19. The van der Waals surface area contributed by atoms with Gasteiger partial charge in [0, 0.05) is 17.0 Å². The van der Waals surface area contributed by atoms with Crippen LogP contribution in [0.4, 0.5) is 0 Å². The van der Waals surface area contributed by atoms with Gasteiger partial charge in [0.25, 0.3) is 0 Å². The summed E-state index contributed by atoms with van der Waals surface area (Å²) in [6.45, 7) is 8.77. The molecule has 0 aliphatic heterocycles. The highest BCUT2D eigenvalue weighted by atomic mass is 16.5. The average molecular weight is 373 g/mol. The predicted molar refractivity (Wildman–Crippen MR) is 107 cm³/mol. The average Bonchev–Trinajstić information content (AvgIpc) is 2.64. The summed E-state index contributed by atoms with van der Waals surface area (Å²) < 4.78 is 17.1. The van der Waals surface area contributed by atoms with Crippen LogP contribution in [0.25, 0.3) is 6.08 Å². The molecule has 2 atom stereocenters. The number of allylic oxidation sites excluding steroid dienone is 1. The molecule has 1 saturated carbocycles. The van der Waals surface area contributed by atoms with Gasteiger partial charge in [0.15, 0.2) is 11.5 Å². The molecule has 0 heterocycles. The number of fused-ring (bicyclic) bond motifs is 3. The maximum Gasteiger partial charge on any atom is 0.317 e. The summed E-state index contributed by atoms with van der Waals surface area (Å²) in [7, 11) is 4.82. The van der Waals surface area contributed by atoms with Crippen molar-refractivity contribution >= 4 is 12.0 Å². The monoisotopic (exact) mass is 372 g/mol. The molecule has 0 saturated heterocycles. The fourth-order valence-corrected chi connectivity index (χ4v) is 5.33. The third kappa shape index (κ3) is 2.76. The van der Waals surface area contributed by atoms with Gasteiger partial charge in [-0.25, -0.2) is 0 Å². The molecule has 1 aromatic rings. The van der Waals surface area contributed by atoms with E-state index in [0.29, 0.717) is 5.75 Å². The van der Waals surface area contributed by atoms with Gasteiger partial charge >= 0.3 is 5.97 Å². The molecule has 0 bridgehead atoms. The Bertz CT molecular complexity index is 775. The fourth-order valence-electron chi connectivity index (χ4n) is 5.33. The van der Waals surface area contributed by atoms with Gasteiger partial charge in [-0.2, -0.15) is 0 Å². The van der Waals surface area contributed by atoms with Crippen molar-refractivity contribution in [3.8, 4) is 11.5 Å². The topological polar surface area (TPSA) is 44.8 Å². The van der Waals surface area contributed by atoms with Gasteiger partial charge < -0.3 is 14.2 Å². The van der Waals surface area contributed by atoms with Crippen LogP contribution in [0.5, 0.6) is 11.5 Å². The maximum atomic E-state index is 13.3. The van der Waals surface area contributed by atoms with Gasteiger partial charge in [-0.3, -0.25) is 4.79 Å².